The van der Waals surface area contributed by atoms with Crippen LogP contribution in [-0.4, -0.2) is 18.7 Å². The monoisotopic (exact) mass is 288 g/mol. The van der Waals surface area contributed by atoms with E-state index in [4.69, 9.17) is 4.74 Å². The first-order valence-corrected chi connectivity index (χ1v) is 7.20. The minimum absolute atomic E-state index is 0.128. The average molecular weight is 288 g/mol. The van der Waals surface area contributed by atoms with Gasteiger partial charge in [0.05, 0.1) is 7.11 Å². The summed E-state index contributed by atoms with van der Waals surface area (Å²) in [6, 6.07) is 0. The second-order valence-electron chi connectivity index (χ2n) is 5.61. The fourth-order valence-electron chi connectivity index (χ4n) is 2.15. The van der Waals surface area contributed by atoms with E-state index in [2.05, 4.69) is 19.9 Å². The molecule has 0 fully saturated rings. The number of Topliss-reactive ketones (excluding diaryl/α,β-unsaturated/α-hetero) is 1. The molecule has 0 spiro atoms. The predicted octanol–water partition coefficient (Wildman–Crippen LogP) is 4.07. The van der Waals surface area contributed by atoms with Crippen LogP contribution in [0.15, 0.2) is 46.3 Å². The van der Waals surface area contributed by atoms with Crippen molar-refractivity contribution in [2.45, 2.75) is 47.0 Å². The second-order valence-corrected chi connectivity index (χ2v) is 5.61. The molecule has 0 saturated heterocycles. The summed E-state index contributed by atoms with van der Waals surface area (Å²) in [4.78, 5) is 24.0. The Balaban J connectivity index is 2.80. The summed E-state index contributed by atoms with van der Waals surface area (Å²) in [6.07, 6.45) is 7.99. The first-order valence-electron chi connectivity index (χ1n) is 7.20. The fourth-order valence-corrected chi connectivity index (χ4v) is 2.15. The summed E-state index contributed by atoms with van der Waals surface area (Å²) < 4.78 is 5.13. The highest BCUT2D eigenvalue weighted by molar-refractivity contribution is 6.21. The highest BCUT2D eigenvalue weighted by atomic mass is 16.5. The van der Waals surface area contributed by atoms with Gasteiger partial charge in [-0.2, -0.15) is 0 Å². The molecule has 0 aliphatic heterocycles. The molecule has 3 nitrogen and oxygen atoms in total. The third-order valence-corrected chi connectivity index (χ3v) is 3.43. The molecule has 0 atom stereocenters. The maximum Gasteiger partial charge on any atom is 0.223 e. The molecule has 1 rings (SSSR count). The van der Waals surface area contributed by atoms with Crippen molar-refractivity contribution in [2.24, 2.45) is 0 Å². The van der Waals surface area contributed by atoms with Gasteiger partial charge in [0.25, 0.3) is 0 Å². The molecule has 1 aliphatic carbocycles. The number of hydrogen-bond donors (Lipinski definition) is 0. The highest BCUT2D eigenvalue weighted by Gasteiger charge is 2.26. The number of carbonyl (C=O) groups excluding carboxylic acids is 2. The van der Waals surface area contributed by atoms with Crippen LogP contribution in [0.25, 0.3) is 0 Å². The number of methoxy groups -OCH3 is 1. The molecule has 1 aliphatic rings. The van der Waals surface area contributed by atoms with Gasteiger partial charge in [0.1, 0.15) is 0 Å². The Morgan fingerprint density at radius 2 is 1.86 bits per heavy atom. The number of allylic oxidation sites excluding steroid dienone is 7. The van der Waals surface area contributed by atoms with Gasteiger partial charge in [-0.05, 0) is 53.0 Å². The third-order valence-electron chi connectivity index (χ3n) is 3.43. The number of rotatable bonds is 6. The second kappa shape index (κ2) is 7.77. The van der Waals surface area contributed by atoms with E-state index < -0.39 is 0 Å². The molecule has 0 aromatic rings. The zero-order valence-electron chi connectivity index (χ0n) is 13.6. The molecule has 3 heteroatoms. The topological polar surface area (TPSA) is 43.4 Å². The van der Waals surface area contributed by atoms with Crippen molar-refractivity contribution >= 4 is 11.6 Å². The lowest BCUT2D eigenvalue weighted by molar-refractivity contribution is -0.118. The van der Waals surface area contributed by atoms with Crippen LogP contribution in [0.3, 0.4) is 0 Å². The molecule has 0 radical (unpaired) electrons. The van der Waals surface area contributed by atoms with Crippen LogP contribution >= 0.6 is 0 Å². The smallest absolute Gasteiger partial charge is 0.223 e. The molecule has 0 amide bonds. The number of ketones is 2. The van der Waals surface area contributed by atoms with E-state index in [0.717, 1.165) is 12.8 Å². The van der Waals surface area contributed by atoms with Crippen molar-refractivity contribution in [1.82, 2.24) is 0 Å². The summed E-state index contributed by atoms with van der Waals surface area (Å²) >= 11 is 0. The van der Waals surface area contributed by atoms with Gasteiger partial charge in [0.15, 0.2) is 11.5 Å². The molecule has 0 heterocycles. The van der Waals surface area contributed by atoms with Gasteiger partial charge in [-0.3, -0.25) is 9.59 Å². The van der Waals surface area contributed by atoms with Gasteiger partial charge in [-0.15, -0.1) is 0 Å². The van der Waals surface area contributed by atoms with E-state index in [9.17, 15) is 9.59 Å². The fraction of sp³-hybridized carbons (Fsp3) is 0.444. The first kappa shape index (κ1) is 17.2. The average Bonchev–Trinajstić information content (AvgIpc) is 2.40. The van der Waals surface area contributed by atoms with Gasteiger partial charge in [0, 0.05) is 11.1 Å². The Hall–Kier alpha value is -1.90. The van der Waals surface area contributed by atoms with E-state index in [1.807, 2.05) is 13.0 Å². The van der Waals surface area contributed by atoms with Crippen molar-refractivity contribution in [3.8, 4) is 0 Å². The SMILES string of the molecule is COC1=C(C/C=C(\C)CCC=C(C)C)C(=O)C=C(C)C1=O. The Kier molecular flexibility index (Phi) is 6.35. The number of carbonyl (C=O) groups is 2. The Labute approximate surface area is 127 Å². The van der Waals surface area contributed by atoms with Crippen LogP contribution < -0.4 is 0 Å². The summed E-state index contributed by atoms with van der Waals surface area (Å²) in [5, 5.41) is 0. The largest absolute Gasteiger partial charge is 0.492 e. The first-order chi connectivity index (χ1) is 9.86. The molecule has 0 aromatic heterocycles. The minimum Gasteiger partial charge on any atom is -0.492 e. The molecule has 0 unspecified atom stereocenters. The van der Waals surface area contributed by atoms with Gasteiger partial charge < -0.3 is 4.74 Å². The van der Waals surface area contributed by atoms with Gasteiger partial charge in [0.2, 0.25) is 5.78 Å². The zero-order valence-corrected chi connectivity index (χ0v) is 13.6. The summed E-state index contributed by atoms with van der Waals surface area (Å²) in [6.45, 7) is 7.84. The lowest BCUT2D eigenvalue weighted by Gasteiger charge is -2.15. The maximum atomic E-state index is 12.0. The molecular formula is C18H24O3. The molecule has 0 N–H and O–H groups in total. The van der Waals surface area contributed by atoms with E-state index >= 15 is 0 Å². The number of hydrogen-bond acceptors (Lipinski definition) is 3. The van der Waals surface area contributed by atoms with Gasteiger partial charge in [-0.25, -0.2) is 0 Å². The Morgan fingerprint density at radius 3 is 2.43 bits per heavy atom. The maximum absolute atomic E-state index is 12.0. The van der Waals surface area contributed by atoms with Crippen LogP contribution in [0.5, 0.6) is 0 Å². The molecule has 0 aromatic carbocycles. The van der Waals surface area contributed by atoms with E-state index in [0.29, 0.717) is 17.6 Å². The Bertz CT molecular complexity index is 553. The Morgan fingerprint density at radius 1 is 1.19 bits per heavy atom. The van der Waals surface area contributed by atoms with Crippen LogP contribution in [0.2, 0.25) is 0 Å². The molecule has 114 valence electrons. The standard InChI is InChI=1S/C18H24O3/c1-12(2)7-6-8-13(3)9-10-15-16(19)11-14(4)17(20)18(15)21-5/h7,9,11H,6,8,10H2,1-5H3/b13-9+. The van der Waals surface area contributed by atoms with Crippen molar-refractivity contribution in [2.75, 3.05) is 7.11 Å². The van der Waals surface area contributed by atoms with Crippen molar-refractivity contribution < 1.29 is 14.3 Å². The van der Waals surface area contributed by atoms with E-state index in [1.165, 1.54) is 24.3 Å². The lowest BCUT2D eigenvalue weighted by atomic mass is 9.93. The lowest BCUT2D eigenvalue weighted by Crippen LogP contribution is -2.19. The summed E-state index contributed by atoms with van der Waals surface area (Å²) in [7, 11) is 1.44. The summed E-state index contributed by atoms with van der Waals surface area (Å²) in [5.41, 5.74) is 3.40. The molecule has 21 heavy (non-hydrogen) atoms. The van der Waals surface area contributed by atoms with E-state index in [1.54, 1.807) is 6.92 Å². The van der Waals surface area contributed by atoms with Crippen LogP contribution in [0.4, 0.5) is 0 Å². The van der Waals surface area contributed by atoms with Crippen molar-refractivity contribution in [3.63, 3.8) is 0 Å². The highest BCUT2D eigenvalue weighted by Crippen LogP contribution is 2.23. The van der Waals surface area contributed by atoms with Crippen LogP contribution in [-0.2, 0) is 14.3 Å². The van der Waals surface area contributed by atoms with Crippen molar-refractivity contribution in [3.05, 3.63) is 46.3 Å². The van der Waals surface area contributed by atoms with Crippen molar-refractivity contribution in [1.29, 1.82) is 0 Å². The minimum atomic E-state index is -0.192. The zero-order chi connectivity index (χ0) is 16.0. The summed E-state index contributed by atoms with van der Waals surface area (Å²) in [5.74, 6) is -0.131. The van der Waals surface area contributed by atoms with Crippen LogP contribution in [0, 0.1) is 0 Å². The molecule has 0 saturated carbocycles. The molecule has 0 bridgehead atoms. The number of ether oxygens (including phenoxy) is 1. The third kappa shape index (κ3) is 4.85. The molecular weight excluding hydrogens is 264 g/mol. The van der Waals surface area contributed by atoms with Crippen LogP contribution in [0.1, 0.15) is 47.0 Å². The predicted molar refractivity (Wildman–Crippen MR) is 84.8 cm³/mol. The van der Waals surface area contributed by atoms with E-state index in [-0.39, 0.29) is 17.3 Å². The van der Waals surface area contributed by atoms with Gasteiger partial charge in [-0.1, -0.05) is 23.3 Å². The normalized spacial score (nSPS) is 16.0. The quantitative estimate of drug-likeness (QED) is 0.546. The van der Waals surface area contributed by atoms with Gasteiger partial charge >= 0.3 is 0 Å².